The van der Waals surface area contributed by atoms with E-state index in [9.17, 15) is 14.4 Å². The number of hydrogen-bond acceptors (Lipinski definition) is 6. The summed E-state index contributed by atoms with van der Waals surface area (Å²) in [5.74, 6) is -0.406. The molecule has 0 saturated heterocycles. The second-order valence-corrected chi connectivity index (χ2v) is 7.04. The predicted octanol–water partition coefficient (Wildman–Crippen LogP) is 3.67. The van der Waals surface area contributed by atoms with Gasteiger partial charge >= 0.3 is 0 Å². The molecule has 0 fully saturated rings. The lowest BCUT2D eigenvalue weighted by molar-refractivity contribution is -0.111. The number of aromatic nitrogens is 3. The van der Waals surface area contributed by atoms with Crippen LogP contribution in [0.3, 0.4) is 0 Å². The Hall–Kier alpha value is -4.11. The molecule has 2 aromatic carbocycles. The summed E-state index contributed by atoms with van der Waals surface area (Å²) in [6.07, 6.45) is 3.46. The van der Waals surface area contributed by atoms with Gasteiger partial charge in [-0.3, -0.25) is 24.3 Å². The average Bonchev–Trinajstić information content (AvgIpc) is 3.41. The number of anilines is 2. The molecule has 2 amide bonds. The summed E-state index contributed by atoms with van der Waals surface area (Å²) in [5, 5.41) is 5.51. The number of nitrogens with zero attached hydrogens (tertiary/aromatic N) is 3. The Bertz CT molecular complexity index is 1280. The van der Waals surface area contributed by atoms with Crippen LogP contribution in [0, 0.1) is 0 Å². The van der Waals surface area contributed by atoms with E-state index in [0.29, 0.717) is 32.8 Å². The average molecular weight is 417 g/mol. The number of benzene rings is 2. The highest BCUT2D eigenvalue weighted by molar-refractivity contribution is 7.08. The van der Waals surface area contributed by atoms with Crippen molar-refractivity contribution >= 4 is 52.3 Å². The Labute approximate surface area is 175 Å². The van der Waals surface area contributed by atoms with Crippen molar-refractivity contribution in [2.24, 2.45) is 0 Å². The van der Waals surface area contributed by atoms with E-state index in [-0.39, 0.29) is 17.8 Å². The van der Waals surface area contributed by atoms with Gasteiger partial charge in [-0.25, -0.2) is 9.36 Å². The van der Waals surface area contributed by atoms with Crippen molar-refractivity contribution < 1.29 is 14.4 Å². The zero-order valence-corrected chi connectivity index (χ0v) is 16.3. The first-order valence-electron chi connectivity index (χ1n) is 8.82. The third kappa shape index (κ3) is 3.74. The molecule has 2 N–H and O–H groups in total. The first-order chi connectivity index (χ1) is 14.6. The molecule has 0 radical (unpaired) electrons. The number of hydrogen-bond donors (Lipinski definition) is 2. The number of amides is 2. The van der Waals surface area contributed by atoms with E-state index < -0.39 is 0 Å². The topological polar surface area (TPSA) is 106 Å². The van der Waals surface area contributed by atoms with E-state index in [2.05, 4.69) is 26.6 Å². The second kappa shape index (κ2) is 8.10. The van der Waals surface area contributed by atoms with Gasteiger partial charge in [0.15, 0.2) is 0 Å². The molecule has 0 aliphatic heterocycles. The molecule has 8 nitrogen and oxygen atoms in total. The molecule has 148 valence electrons. The third-order valence-corrected chi connectivity index (χ3v) is 5.00. The van der Waals surface area contributed by atoms with E-state index in [1.165, 1.54) is 6.08 Å². The Morgan fingerprint density at radius 2 is 1.97 bits per heavy atom. The summed E-state index contributed by atoms with van der Waals surface area (Å²) in [4.78, 5) is 40.4. The normalized spacial score (nSPS) is 10.5. The molecule has 0 bridgehead atoms. The zero-order chi connectivity index (χ0) is 21.1. The van der Waals surface area contributed by atoms with Gasteiger partial charge in [0.1, 0.15) is 11.2 Å². The SMILES string of the molecule is C=CC(=O)Nc1cccc(-n2c(NC(=O)c3ccns3)nc3cc(C=O)ccc32)c1. The minimum Gasteiger partial charge on any atom is -0.322 e. The van der Waals surface area contributed by atoms with Crippen LogP contribution in [0.4, 0.5) is 11.6 Å². The molecule has 0 saturated carbocycles. The van der Waals surface area contributed by atoms with E-state index in [1.807, 2.05) is 6.07 Å². The molecule has 30 heavy (non-hydrogen) atoms. The summed E-state index contributed by atoms with van der Waals surface area (Å²) >= 11 is 1.07. The van der Waals surface area contributed by atoms with Crippen LogP contribution >= 0.6 is 11.5 Å². The minimum atomic E-state index is -0.346. The Morgan fingerprint density at radius 3 is 2.70 bits per heavy atom. The van der Waals surface area contributed by atoms with Crippen LogP contribution in [0.25, 0.3) is 16.7 Å². The first-order valence-corrected chi connectivity index (χ1v) is 9.60. The largest absolute Gasteiger partial charge is 0.322 e. The van der Waals surface area contributed by atoms with E-state index in [0.717, 1.165) is 17.8 Å². The minimum absolute atomic E-state index is 0.277. The van der Waals surface area contributed by atoms with Gasteiger partial charge in [-0.2, -0.15) is 0 Å². The number of aldehydes is 1. The second-order valence-electron chi connectivity index (χ2n) is 6.21. The molecule has 4 rings (SSSR count). The molecule has 2 aromatic heterocycles. The fourth-order valence-corrected chi connectivity index (χ4v) is 3.42. The summed E-state index contributed by atoms with van der Waals surface area (Å²) in [6.45, 7) is 3.45. The van der Waals surface area contributed by atoms with Gasteiger partial charge in [0, 0.05) is 17.4 Å². The molecule has 0 atom stereocenters. The van der Waals surface area contributed by atoms with Crippen LogP contribution < -0.4 is 10.6 Å². The van der Waals surface area contributed by atoms with Gasteiger partial charge in [0.25, 0.3) is 5.91 Å². The maximum atomic E-state index is 12.6. The van der Waals surface area contributed by atoms with Crippen molar-refractivity contribution in [3.63, 3.8) is 0 Å². The van der Waals surface area contributed by atoms with Crippen molar-refractivity contribution in [1.82, 2.24) is 13.9 Å². The van der Waals surface area contributed by atoms with Crippen molar-refractivity contribution in [3.8, 4) is 5.69 Å². The summed E-state index contributed by atoms with van der Waals surface area (Å²) in [7, 11) is 0. The van der Waals surface area contributed by atoms with Gasteiger partial charge < -0.3 is 5.32 Å². The van der Waals surface area contributed by atoms with Gasteiger partial charge in [0.05, 0.1) is 16.7 Å². The van der Waals surface area contributed by atoms with Gasteiger partial charge in [-0.05, 0) is 60.1 Å². The Morgan fingerprint density at radius 1 is 1.10 bits per heavy atom. The van der Waals surface area contributed by atoms with Crippen molar-refractivity contribution in [2.75, 3.05) is 10.6 Å². The van der Waals surface area contributed by atoms with Crippen LogP contribution in [0.2, 0.25) is 0 Å². The molecule has 0 unspecified atom stereocenters. The molecule has 0 spiro atoms. The lowest BCUT2D eigenvalue weighted by Crippen LogP contribution is -2.14. The number of carbonyl (C=O) groups excluding carboxylic acids is 3. The molecule has 0 aliphatic rings. The molecular formula is C21H15N5O3S. The summed E-state index contributed by atoms with van der Waals surface area (Å²) in [5.41, 5.74) is 2.92. The van der Waals surface area contributed by atoms with Crippen molar-refractivity contribution in [3.05, 3.63) is 77.8 Å². The smallest absolute Gasteiger partial charge is 0.269 e. The number of fused-ring (bicyclic) bond motifs is 1. The lowest BCUT2D eigenvalue weighted by atomic mass is 10.2. The van der Waals surface area contributed by atoms with Crippen molar-refractivity contribution in [1.29, 1.82) is 0 Å². The standard InChI is InChI=1S/C21H15N5O3S/c1-2-19(28)23-14-4-3-5-15(11-14)26-17-7-6-13(12-27)10-16(17)24-21(26)25-20(29)18-8-9-22-30-18/h2-12H,1H2,(H,23,28)(H,24,25,29). The summed E-state index contributed by atoms with van der Waals surface area (Å²) < 4.78 is 5.69. The number of nitrogens with one attached hydrogen (secondary N) is 2. The maximum absolute atomic E-state index is 12.6. The van der Waals surface area contributed by atoms with E-state index in [4.69, 9.17) is 0 Å². The van der Waals surface area contributed by atoms with Crippen LogP contribution in [-0.4, -0.2) is 32.0 Å². The van der Waals surface area contributed by atoms with E-state index in [1.54, 1.807) is 53.2 Å². The molecule has 4 aromatic rings. The molecular weight excluding hydrogens is 402 g/mol. The van der Waals surface area contributed by atoms with Crippen LogP contribution in [0.5, 0.6) is 0 Å². The van der Waals surface area contributed by atoms with Crippen LogP contribution in [0.15, 0.2) is 67.4 Å². The van der Waals surface area contributed by atoms with E-state index >= 15 is 0 Å². The fraction of sp³-hybridized carbons (Fsp3) is 0. The zero-order valence-electron chi connectivity index (χ0n) is 15.5. The molecule has 9 heteroatoms. The highest BCUT2D eigenvalue weighted by Gasteiger charge is 2.17. The van der Waals surface area contributed by atoms with Crippen LogP contribution in [0.1, 0.15) is 20.0 Å². The van der Waals surface area contributed by atoms with Crippen molar-refractivity contribution in [2.45, 2.75) is 0 Å². The monoisotopic (exact) mass is 417 g/mol. The first kappa shape index (κ1) is 19.2. The summed E-state index contributed by atoms with van der Waals surface area (Å²) in [6, 6.07) is 13.8. The van der Waals surface area contributed by atoms with Gasteiger partial charge in [0.2, 0.25) is 11.9 Å². The van der Waals surface area contributed by atoms with Crippen LogP contribution in [-0.2, 0) is 4.79 Å². The Kier molecular flexibility index (Phi) is 5.19. The molecule has 2 heterocycles. The number of carbonyl (C=O) groups is 3. The Balaban J connectivity index is 1.83. The fourth-order valence-electron chi connectivity index (χ4n) is 2.93. The maximum Gasteiger partial charge on any atom is 0.269 e. The van der Waals surface area contributed by atoms with Gasteiger partial charge in [-0.15, -0.1) is 0 Å². The lowest BCUT2D eigenvalue weighted by Gasteiger charge is -2.11. The van der Waals surface area contributed by atoms with Gasteiger partial charge in [-0.1, -0.05) is 12.6 Å². The number of rotatable bonds is 6. The quantitative estimate of drug-likeness (QED) is 0.368. The third-order valence-electron chi connectivity index (χ3n) is 4.26. The predicted molar refractivity (Wildman–Crippen MR) is 115 cm³/mol. The highest BCUT2D eigenvalue weighted by Crippen LogP contribution is 2.27. The number of imidazole rings is 1. The molecule has 0 aliphatic carbocycles. The highest BCUT2D eigenvalue weighted by atomic mass is 32.1.